The Morgan fingerprint density at radius 2 is 1.25 bits per heavy atom. The van der Waals surface area contributed by atoms with Gasteiger partial charge in [-0.15, -0.1) is 0 Å². The molecular formula is C19H22Si. The van der Waals surface area contributed by atoms with Crippen LogP contribution in [-0.4, -0.2) is 8.07 Å². The Kier molecular flexibility index (Phi) is 4.75. The summed E-state index contributed by atoms with van der Waals surface area (Å²) < 4.78 is 0. The lowest BCUT2D eigenvalue weighted by Crippen LogP contribution is -2.22. The normalized spacial score (nSPS) is 12.8. The molecule has 2 aromatic carbocycles. The third-order valence-electron chi connectivity index (χ3n) is 3.24. The molecule has 0 saturated carbocycles. The van der Waals surface area contributed by atoms with Gasteiger partial charge in [-0.05, 0) is 11.1 Å². The highest BCUT2D eigenvalue weighted by Crippen LogP contribution is 2.20. The minimum atomic E-state index is -1.35. The first-order valence-electron chi connectivity index (χ1n) is 7.06. The Balaban J connectivity index is 2.30. The molecule has 0 nitrogen and oxygen atoms in total. The van der Waals surface area contributed by atoms with E-state index in [1.165, 1.54) is 16.3 Å². The summed E-state index contributed by atoms with van der Waals surface area (Å²) >= 11 is 0. The Morgan fingerprint density at radius 3 is 1.75 bits per heavy atom. The highest BCUT2D eigenvalue weighted by molar-refractivity contribution is 6.84. The van der Waals surface area contributed by atoms with Crippen LogP contribution in [-0.2, 0) is 0 Å². The smallest absolute Gasteiger partial charge is 0.0656 e. The molecule has 0 atom stereocenters. The van der Waals surface area contributed by atoms with Gasteiger partial charge in [-0.3, -0.25) is 0 Å². The third-order valence-corrected chi connectivity index (χ3v) is 5.29. The fourth-order valence-electron chi connectivity index (χ4n) is 1.99. The molecule has 0 aliphatic heterocycles. The first kappa shape index (κ1) is 14.5. The summed E-state index contributed by atoms with van der Waals surface area (Å²) in [5.41, 5.74) is 2.53. The van der Waals surface area contributed by atoms with Crippen LogP contribution in [0.15, 0.2) is 71.9 Å². The van der Waals surface area contributed by atoms with Gasteiger partial charge in [-0.1, -0.05) is 104 Å². The third kappa shape index (κ3) is 4.36. The minimum absolute atomic E-state index is 1.25. The molecule has 102 valence electrons. The van der Waals surface area contributed by atoms with E-state index in [1.54, 1.807) is 0 Å². The summed E-state index contributed by atoms with van der Waals surface area (Å²) in [6.45, 7) is 7.16. The first-order chi connectivity index (χ1) is 9.55. The molecule has 20 heavy (non-hydrogen) atoms. The number of rotatable bonds is 4. The van der Waals surface area contributed by atoms with E-state index < -0.39 is 8.07 Å². The Hall–Kier alpha value is -1.86. The van der Waals surface area contributed by atoms with Crippen LogP contribution in [0.1, 0.15) is 11.1 Å². The van der Waals surface area contributed by atoms with Crippen molar-refractivity contribution in [3.05, 3.63) is 83.1 Å². The van der Waals surface area contributed by atoms with E-state index in [0.29, 0.717) is 0 Å². The molecule has 2 aromatic rings. The summed E-state index contributed by atoms with van der Waals surface area (Å²) in [6.07, 6.45) is 6.83. The quantitative estimate of drug-likeness (QED) is 0.500. The summed E-state index contributed by atoms with van der Waals surface area (Å²) in [5.74, 6) is 0. The van der Waals surface area contributed by atoms with Gasteiger partial charge in [0.1, 0.15) is 0 Å². The second kappa shape index (κ2) is 6.53. The van der Waals surface area contributed by atoms with Gasteiger partial charge in [0.15, 0.2) is 0 Å². The molecular weight excluding hydrogens is 256 g/mol. The molecule has 0 spiro atoms. The fourth-order valence-corrected chi connectivity index (χ4v) is 3.18. The maximum absolute atomic E-state index is 2.39. The maximum Gasteiger partial charge on any atom is 0.0776 e. The van der Waals surface area contributed by atoms with Gasteiger partial charge in [-0.2, -0.15) is 0 Å². The van der Waals surface area contributed by atoms with E-state index in [2.05, 4.69) is 98.5 Å². The molecule has 0 amide bonds. The van der Waals surface area contributed by atoms with Crippen molar-refractivity contribution in [3.8, 4) is 0 Å². The van der Waals surface area contributed by atoms with Crippen LogP contribution in [0.4, 0.5) is 0 Å². The van der Waals surface area contributed by atoms with Crippen molar-refractivity contribution in [2.24, 2.45) is 0 Å². The second-order valence-corrected chi connectivity index (χ2v) is 11.1. The predicted octanol–water partition coefficient (Wildman–Crippen LogP) is 5.66. The summed E-state index contributed by atoms with van der Waals surface area (Å²) in [5, 5.41) is 1.47. The molecule has 0 fully saturated rings. The van der Waals surface area contributed by atoms with Crippen molar-refractivity contribution >= 4 is 20.2 Å². The number of hydrogen-bond acceptors (Lipinski definition) is 0. The number of allylic oxidation sites excluding steroid dienone is 2. The van der Waals surface area contributed by atoms with E-state index >= 15 is 0 Å². The van der Waals surface area contributed by atoms with Crippen molar-refractivity contribution in [2.75, 3.05) is 0 Å². The maximum atomic E-state index is 2.39. The zero-order chi connectivity index (χ0) is 14.4. The van der Waals surface area contributed by atoms with Gasteiger partial charge < -0.3 is 0 Å². The second-order valence-electron chi connectivity index (χ2n) is 6.00. The van der Waals surface area contributed by atoms with Crippen LogP contribution < -0.4 is 0 Å². The standard InChI is InChI=1S/C19H22Si/c1-20(2,3)19(16-18-12-8-5-9-13-18)15-14-17-10-6-4-7-11-17/h4-16H,1-3H3. The summed E-state index contributed by atoms with van der Waals surface area (Å²) in [4.78, 5) is 0. The van der Waals surface area contributed by atoms with E-state index in [1.807, 2.05) is 0 Å². The molecule has 0 aromatic heterocycles. The topological polar surface area (TPSA) is 0 Å². The number of hydrogen-bond donors (Lipinski definition) is 0. The van der Waals surface area contributed by atoms with Crippen molar-refractivity contribution in [1.82, 2.24) is 0 Å². The van der Waals surface area contributed by atoms with Gasteiger partial charge in [-0.25, -0.2) is 0 Å². The molecule has 1 heteroatoms. The molecule has 0 aliphatic carbocycles. The van der Waals surface area contributed by atoms with Crippen LogP contribution in [0, 0.1) is 0 Å². The highest BCUT2D eigenvalue weighted by Gasteiger charge is 2.17. The SMILES string of the molecule is C[Si](C)(C)C(C=Cc1ccccc1)=Cc1ccccc1. The Bertz CT molecular complexity index is 587. The largest absolute Gasteiger partial charge is 0.0776 e. The molecule has 0 unspecified atom stereocenters. The molecule has 0 aliphatic rings. The van der Waals surface area contributed by atoms with Crippen molar-refractivity contribution < 1.29 is 0 Å². The van der Waals surface area contributed by atoms with Gasteiger partial charge in [0.05, 0.1) is 8.07 Å². The van der Waals surface area contributed by atoms with Gasteiger partial charge in [0.2, 0.25) is 0 Å². The zero-order valence-electron chi connectivity index (χ0n) is 12.5. The lowest BCUT2D eigenvalue weighted by Gasteiger charge is -2.18. The van der Waals surface area contributed by atoms with Crippen molar-refractivity contribution in [1.29, 1.82) is 0 Å². The molecule has 0 N–H and O–H groups in total. The van der Waals surface area contributed by atoms with Crippen LogP contribution in [0.5, 0.6) is 0 Å². The molecule has 0 radical (unpaired) electrons. The molecule has 2 rings (SSSR count). The average Bonchev–Trinajstić information content (AvgIpc) is 2.44. The van der Waals surface area contributed by atoms with E-state index in [9.17, 15) is 0 Å². The van der Waals surface area contributed by atoms with Gasteiger partial charge in [0, 0.05) is 0 Å². The van der Waals surface area contributed by atoms with Crippen molar-refractivity contribution in [3.63, 3.8) is 0 Å². The predicted molar refractivity (Wildman–Crippen MR) is 93.2 cm³/mol. The van der Waals surface area contributed by atoms with Crippen LogP contribution in [0.3, 0.4) is 0 Å². The summed E-state index contributed by atoms with van der Waals surface area (Å²) in [7, 11) is -1.35. The minimum Gasteiger partial charge on any atom is -0.0656 e. The monoisotopic (exact) mass is 278 g/mol. The molecule has 0 saturated heterocycles. The lowest BCUT2D eigenvalue weighted by molar-refractivity contribution is 1.62. The lowest BCUT2D eigenvalue weighted by atomic mass is 10.2. The van der Waals surface area contributed by atoms with E-state index in [0.717, 1.165) is 0 Å². The van der Waals surface area contributed by atoms with Crippen LogP contribution in [0.2, 0.25) is 19.6 Å². The average molecular weight is 278 g/mol. The Morgan fingerprint density at radius 1 is 0.750 bits per heavy atom. The van der Waals surface area contributed by atoms with Crippen LogP contribution in [0.25, 0.3) is 12.2 Å². The summed E-state index contributed by atoms with van der Waals surface area (Å²) in [6, 6.07) is 21.1. The van der Waals surface area contributed by atoms with Gasteiger partial charge >= 0.3 is 0 Å². The van der Waals surface area contributed by atoms with E-state index in [4.69, 9.17) is 0 Å². The highest BCUT2D eigenvalue weighted by atomic mass is 28.3. The van der Waals surface area contributed by atoms with Gasteiger partial charge in [0.25, 0.3) is 0 Å². The first-order valence-corrected chi connectivity index (χ1v) is 10.6. The Labute approximate surface area is 123 Å². The zero-order valence-corrected chi connectivity index (χ0v) is 13.5. The van der Waals surface area contributed by atoms with Crippen molar-refractivity contribution in [2.45, 2.75) is 19.6 Å². The number of benzene rings is 2. The molecule has 0 heterocycles. The van der Waals surface area contributed by atoms with E-state index in [-0.39, 0.29) is 0 Å². The molecule has 0 bridgehead atoms. The fraction of sp³-hybridized carbons (Fsp3) is 0.158. The van der Waals surface area contributed by atoms with Crippen LogP contribution >= 0.6 is 0 Å².